The Morgan fingerprint density at radius 2 is 1.96 bits per heavy atom. The minimum absolute atomic E-state index is 0. The van der Waals surface area contributed by atoms with Crippen LogP contribution in [0, 0.1) is 0 Å². The average molecular weight is 486 g/mol. The highest BCUT2D eigenvalue weighted by molar-refractivity contribution is 14.0. The van der Waals surface area contributed by atoms with E-state index in [0.717, 1.165) is 29.4 Å². The molecule has 1 aromatic carbocycles. The normalized spacial score (nSPS) is 11.8. The molecule has 0 aliphatic carbocycles. The van der Waals surface area contributed by atoms with Gasteiger partial charge in [-0.3, -0.25) is 0 Å². The number of ether oxygens (including phenoxy) is 1. The van der Waals surface area contributed by atoms with Crippen molar-refractivity contribution in [2.75, 3.05) is 13.7 Å². The molecule has 1 aromatic heterocycles. The van der Waals surface area contributed by atoms with Gasteiger partial charge in [0.15, 0.2) is 5.96 Å². The van der Waals surface area contributed by atoms with Crippen molar-refractivity contribution in [3.63, 3.8) is 0 Å². The summed E-state index contributed by atoms with van der Waals surface area (Å²) in [5.74, 6) is 2.27. The Morgan fingerprint density at radius 3 is 2.59 bits per heavy atom. The van der Waals surface area contributed by atoms with Crippen LogP contribution in [-0.2, 0) is 29.8 Å². The summed E-state index contributed by atoms with van der Waals surface area (Å²) in [6.45, 7) is 10.8. The van der Waals surface area contributed by atoms with Crippen LogP contribution >= 0.6 is 24.0 Å². The van der Waals surface area contributed by atoms with Crippen molar-refractivity contribution < 1.29 is 9.15 Å². The standard InChI is InChI=1S/C20H30N4O2.HI/c1-6-21-19(23-11-15-8-7-9-16(10-15)14-25-5)24-13-18-22-12-17(26-18)20(2,3)4;/h7-10,12H,6,11,13-14H2,1-5H3,(H2,21,23,24);1H. The second kappa shape index (κ2) is 11.3. The van der Waals surface area contributed by atoms with E-state index >= 15 is 0 Å². The summed E-state index contributed by atoms with van der Waals surface area (Å²) in [6, 6.07) is 8.26. The number of guanidine groups is 1. The maximum absolute atomic E-state index is 5.81. The average Bonchev–Trinajstić information content (AvgIpc) is 3.07. The number of halogens is 1. The number of oxazole rings is 1. The minimum Gasteiger partial charge on any atom is -0.443 e. The molecular formula is C20H31IN4O2. The van der Waals surface area contributed by atoms with E-state index in [1.165, 1.54) is 0 Å². The van der Waals surface area contributed by atoms with Gasteiger partial charge in [-0.05, 0) is 18.1 Å². The Kier molecular flexibility index (Phi) is 9.79. The maximum Gasteiger partial charge on any atom is 0.213 e. The van der Waals surface area contributed by atoms with Gasteiger partial charge in [0.05, 0.1) is 25.9 Å². The molecule has 0 aliphatic rings. The molecule has 2 rings (SSSR count). The molecule has 0 saturated heterocycles. The lowest BCUT2D eigenvalue weighted by atomic mass is 9.94. The van der Waals surface area contributed by atoms with Gasteiger partial charge in [0.2, 0.25) is 5.89 Å². The zero-order chi connectivity index (χ0) is 19.0. The number of hydrogen-bond donors (Lipinski definition) is 2. The lowest BCUT2D eigenvalue weighted by Gasteiger charge is -2.13. The smallest absolute Gasteiger partial charge is 0.213 e. The van der Waals surface area contributed by atoms with E-state index in [1.807, 2.05) is 13.0 Å². The highest BCUT2D eigenvalue weighted by atomic mass is 127. The molecule has 0 fully saturated rings. The molecule has 0 radical (unpaired) electrons. The van der Waals surface area contributed by atoms with E-state index in [4.69, 9.17) is 9.15 Å². The minimum atomic E-state index is -0.0446. The van der Waals surface area contributed by atoms with Crippen molar-refractivity contribution in [2.24, 2.45) is 4.99 Å². The van der Waals surface area contributed by atoms with Crippen molar-refractivity contribution in [3.05, 3.63) is 53.2 Å². The van der Waals surface area contributed by atoms with Gasteiger partial charge in [-0.25, -0.2) is 9.98 Å². The Bertz CT molecular complexity index is 723. The van der Waals surface area contributed by atoms with Crippen molar-refractivity contribution in [3.8, 4) is 0 Å². The first-order valence-electron chi connectivity index (χ1n) is 8.96. The predicted octanol–water partition coefficient (Wildman–Crippen LogP) is 3.99. The van der Waals surface area contributed by atoms with Crippen molar-refractivity contribution in [1.29, 1.82) is 0 Å². The van der Waals surface area contributed by atoms with Gasteiger partial charge in [0.25, 0.3) is 0 Å². The number of rotatable bonds is 7. The van der Waals surface area contributed by atoms with Crippen LogP contribution in [0.5, 0.6) is 0 Å². The Morgan fingerprint density at radius 1 is 1.22 bits per heavy atom. The molecule has 2 aromatic rings. The van der Waals surface area contributed by atoms with E-state index in [-0.39, 0.29) is 29.4 Å². The molecule has 0 spiro atoms. The summed E-state index contributed by atoms with van der Waals surface area (Å²) < 4.78 is 11.0. The molecule has 0 amide bonds. The van der Waals surface area contributed by atoms with Crippen LogP contribution in [0.3, 0.4) is 0 Å². The molecule has 2 N–H and O–H groups in total. The maximum atomic E-state index is 5.81. The zero-order valence-electron chi connectivity index (χ0n) is 16.8. The first-order valence-corrected chi connectivity index (χ1v) is 8.96. The summed E-state index contributed by atoms with van der Waals surface area (Å²) >= 11 is 0. The van der Waals surface area contributed by atoms with Gasteiger partial charge in [0.1, 0.15) is 5.76 Å². The fourth-order valence-corrected chi connectivity index (χ4v) is 2.39. The number of nitrogens with one attached hydrogen (secondary N) is 2. The summed E-state index contributed by atoms with van der Waals surface area (Å²) in [5, 5.41) is 6.51. The Hall–Kier alpha value is -1.61. The fourth-order valence-electron chi connectivity index (χ4n) is 2.39. The summed E-state index contributed by atoms with van der Waals surface area (Å²) in [5.41, 5.74) is 2.24. The van der Waals surface area contributed by atoms with Crippen LogP contribution in [0.1, 0.15) is 50.5 Å². The predicted molar refractivity (Wildman–Crippen MR) is 119 cm³/mol. The topological polar surface area (TPSA) is 71.7 Å². The van der Waals surface area contributed by atoms with Crippen LogP contribution in [0.2, 0.25) is 0 Å². The first kappa shape index (κ1) is 23.4. The van der Waals surface area contributed by atoms with Crippen LogP contribution < -0.4 is 10.6 Å². The highest BCUT2D eigenvalue weighted by Crippen LogP contribution is 2.22. The lowest BCUT2D eigenvalue weighted by Crippen LogP contribution is -2.36. The monoisotopic (exact) mass is 486 g/mol. The number of aliphatic imine (C=N–C) groups is 1. The molecule has 150 valence electrons. The molecule has 0 unspecified atom stereocenters. The van der Waals surface area contributed by atoms with Gasteiger partial charge in [-0.1, -0.05) is 45.0 Å². The summed E-state index contributed by atoms with van der Waals surface area (Å²) in [7, 11) is 1.70. The van der Waals surface area contributed by atoms with Gasteiger partial charge < -0.3 is 19.8 Å². The molecule has 0 atom stereocenters. The van der Waals surface area contributed by atoms with Crippen LogP contribution in [0.4, 0.5) is 0 Å². The fraction of sp³-hybridized carbons (Fsp3) is 0.500. The Balaban J connectivity index is 0.00000364. The summed E-state index contributed by atoms with van der Waals surface area (Å²) in [6.07, 6.45) is 1.79. The highest BCUT2D eigenvalue weighted by Gasteiger charge is 2.19. The number of aromatic nitrogens is 1. The second-order valence-electron chi connectivity index (χ2n) is 7.17. The van der Waals surface area contributed by atoms with E-state index in [1.54, 1.807) is 13.3 Å². The van der Waals surface area contributed by atoms with E-state index in [2.05, 4.69) is 59.6 Å². The van der Waals surface area contributed by atoms with Crippen LogP contribution in [-0.4, -0.2) is 24.6 Å². The van der Waals surface area contributed by atoms with E-state index in [0.29, 0.717) is 25.6 Å². The third-order valence-electron chi connectivity index (χ3n) is 3.77. The second-order valence-corrected chi connectivity index (χ2v) is 7.17. The van der Waals surface area contributed by atoms with Gasteiger partial charge in [-0.15, -0.1) is 24.0 Å². The lowest BCUT2D eigenvalue weighted by molar-refractivity contribution is 0.185. The number of methoxy groups -OCH3 is 1. The van der Waals surface area contributed by atoms with Gasteiger partial charge in [0, 0.05) is 19.1 Å². The molecule has 6 nitrogen and oxygen atoms in total. The third kappa shape index (κ3) is 7.88. The number of benzene rings is 1. The molecule has 0 bridgehead atoms. The quantitative estimate of drug-likeness (QED) is 0.352. The SMILES string of the molecule is CCNC(=NCc1cccc(COC)c1)NCc1ncc(C(C)(C)C)o1.I. The number of nitrogens with zero attached hydrogens (tertiary/aromatic N) is 2. The largest absolute Gasteiger partial charge is 0.443 e. The van der Waals surface area contributed by atoms with Gasteiger partial charge in [-0.2, -0.15) is 0 Å². The van der Waals surface area contributed by atoms with Crippen molar-refractivity contribution in [2.45, 2.75) is 52.8 Å². The molecular weight excluding hydrogens is 455 g/mol. The molecule has 1 heterocycles. The summed E-state index contributed by atoms with van der Waals surface area (Å²) in [4.78, 5) is 8.98. The van der Waals surface area contributed by atoms with E-state index in [9.17, 15) is 0 Å². The first-order chi connectivity index (χ1) is 12.4. The third-order valence-corrected chi connectivity index (χ3v) is 3.77. The van der Waals surface area contributed by atoms with Crippen molar-refractivity contribution >= 4 is 29.9 Å². The zero-order valence-corrected chi connectivity index (χ0v) is 19.2. The van der Waals surface area contributed by atoms with Crippen LogP contribution in [0.25, 0.3) is 0 Å². The van der Waals surface area contributed by atoms with E-state index < -0.39 is 0 Å². The molecule has 27 heavy (non-hydrogen) atoms. The van der Waals surface area contributed by atoms with Crippen LogP contribution in [0.15, 0.2) is 39.9 Å². The van der Waals surface area contributed by atoms with Gasteiger partial charge >= 0.3 is 0 Å². The molecule has 0 saturated carbocycles. The number of hydrogen-bond acceptors (Lipinski definition) is 4. The molecule has 7 heteroatoms. The molecule has 0 aliphatic heterocycles. The Labute approximate surface area is 179 Å². The van der Waals surface area contributed by atoms with Crippen molar-refractivity contribution in [1.82, 2.24) is 15.6 Å².